The molecule has 98 valence electrons. The fraction of sp³-hybridized carbons (Fsp3) is 0.571. The lowest BCUT2D eigenvalue weighted by atomic mass is 10.1. The molecule has 0 aliphatic heterocycles. The molecule has 1 heterocycles. The van der Waals surface area contributed by atoms with Crippen LogP contribution in [0.1, 0.15) is 49.2 Å². The van der Waals surface area contributed by atoms with Crippen LogP contribution < -0.4 is 9.47 Å². The molecule has 0 saturated heterocycles. The highest BCUT2D eigenvalue weighted by Crippen LogP contribution is 2.31. The lowest BCUT2D eigenvalue weighted by Crippen LogP contribution is -2.09. The van der Waals surface area contributed by atoms with Crippen LogP contribution in [0.2, 0.25) is 0 Å². The molecule has 0 atom stereocenters. The van der Waals surface area contributed by atoms with Crippen LogP contribution >= 0.6 is 0 Å². The molecule has 1 aromatic rings. The lowest BCUT2D eigenvalue weighted by molar-refractivity contribution is 0.0975. The average Bonchev–Trinajstić information content (AvgIpc) is 2.53. The molecule has 1 aromatic heterocycles. The zero-order valence-electron chi connectivity index (χ0n) is 11.0. The van der Waals surface area contributed by atoms with Crippen LogP contribution in [0.25, 0.3) is 0 Å². The number of hydrogen-bond donors (Lipinski definition) is 0. The monoisotopic (exact) mass is 249 g/mol. The molecule has 4 heteroatoms. The van der Waals surface area contributed by atoms with E-state index in [-0.39, 0.29) is 5.78 Å². The first-order chi connectivity index (χ1) is 8.76. The van der Waals surface area contributed by atoms with Gasteiger partial charge in [-0.3, -0.25) is 4.79 Å². The van der Waals surface area contributed by atoms with Gasteiger partial charge in [-0.05, 0) is 33.1 Å². The molecule has 0 saturated carbocycles. The van der Waals surface area contributed by atoms with E-state index >= 15 is 0 Å². The van der Waals surface area contributed by atoms with Crippen LogP contribution in [-0.2, 0) is 6.42 Å². The van der Waals surface area contributed by atoms with Crippen molar-refractivity contribution in [3.63, 3.8) is 0 Å². The standard InChI is InChI=1S/C14H19NO3/c1-3-17-12-9-13(18-4-2)15-14-10(12)7-5-6-8-11(14)16/h9H,3-8H2,1-2H3. The Kier molecular flexibility index (Phi) is 4.18. The summed E-state index contributed by atoms with van der Waals surface area (Å²) >= 11 is 0. The molecule has 0 bridgehead atoms. The quantitative estimate of drug-likeness (QED) is 0.770. The SMILES string of the molecule is CCOc1cc(OCC)c2c(n1)C(=O)CCCC2. The third-order valence-corrected chi connectivity index (χ3v) is 3.00. The minimum Gasteiger partial charge on any atom is -0.493 e. The smallest absolute Gasteiger partial charge is 0.217 e. The molecule has 0 aromatic carbocycles. The van der Waals surface area contributed by atoms with E-state index < -0.39 is 0 Å². The predicted molar refractivity (Wildman–Crippen MR) is 68.5 cm³/mol. The van der Waals surface area contributed by atoms with Crippen LogP contribution in [0.4, 0.5) is 0 Å². The number of carbonyl (C=O) groups excluding carboxylic acids is 1. The molecule has 0 amide bonds. The van der Waals surface area contributed by atoms with Gasteiger partial charge in [0, 0.05) is 18.1 Å². The molecule has 0 fully saturated rings. The largest absolute Gasteiger partial charge is 0.493 e. The van der Waals surface area contributed by atoms with E-state index in [4.69, 9.17) is 9.47 Å². The number of Topliss-reactive ketones (excluding diaryl/α,β-unsaturated/α-hetero) is 1. The van der Waals surface area contributed by atoms with Gasteiger partial charge in [0.2, 0.25) is 5.88 Å². The van der Waals surface area contributed by atoms with Gasteiger partial charge in [0.1, 0.15) is 11.4 Å². The first-order valence-electron chi connectivity index (χ1n) is 6.59. The molecule has 1 aliphatic rings. The predicted octanol–water partition coefficient (Wildman–Crippen LogP) is 2.79. The van der Waals surface area contributed by atoms with Gasteiger partial charge >= 0.3 is 0 Å². The highest BCUT2D eigenvalue weighted by atomic mass is 16.5. The Morgan fingerprint density at radius 2 is 1.89 bits per heavy atom. The van der Waals surface area contributed by atoms with Crippen LogP contribution in [0, 0.1) is 0 Å². The van der Waals surface area contributed by atoms with Crippen molar-refractivity contribution in [3.8, 4) is 11.6 Å². The molecule has 18 heavy (non-hydrogen) atoms. The van der Waals surface area contributed by atoms with Gasteiger partial charge < -0.3 is 9.47 Å². The molecule has 0 radical (unpaired) electrons. The van der Waals surface area contributed by atoms with E-state index in [0.717, 1.165) is 30.6 Å². The van der Waals surface area contributed by atoms with Gasteiger partial charge in [-0.25, -0.2) is 4.98 Å². The van der Waals surface area contributed by atoms with Gasteiger partial charge in [0.25, 0.3) is 0 Å². The summed E-state index contributed by atoms with van der Waals surface area (Å²) in [6.45, 7) is 4.95. The third-order valence-electron chi connectivity index (χ3n) is 3.00. The third kappa shape index (κ3) is 2.63. The van der Waals surface area contributed by atoms with Crippen molar-refractivity contribution in [3.05, 3.63) is 17.3 Å². The van der Waals surface area contributed by atoms with Crippen molar-refractivity contribution in [1.82, 2.24) is 4.98 Å². The summed E-state index contributed by atoms with van der Waals surface area (Å²) in [5, 5.41) is 0. The summed E-state index contributed by atoms with van der Waals surface area (Å²) in [5.41, 5.74) is 1.49. The summed E-state index contributed by atoms with van der Waals surface area (Å²) in [7, 11) is 0. The van der Waals surface area contributed by atoms with Gasteiger partial charge in [-0.1, -0.05) is 0 Å². The second-order valence-electron chi connectivity index (χ2n) is 4.28. The summed E-state index contributed by atoms with van der Waals surface area (Å²) in [6.07, 6.45) is 3.36. The number of ether oxygens (including phenoxy) is 2. The van der Waals surface area contributed by atoms with Crippen molar-refractivity contribution in [2.45, 2.75) is 39.5 Å². The highest BCUT2D eigenvalue weighted by Gasteiger charge is 2.22. The van der Waals surface area contributed by atoms with Crippen LogP contribution in [-0.4, -0.2) is 24.0 Å². The maximum atomic E-state index is 12.0. The second-order valence-corrected chi connectivity index (χ2v) is 4.28. The molecule has 0 unspecified atom stereocenters. The first-order valence-corrected chi connectivity index (χ1v) is 6.59. The maximum Gasteiger partial charge on any atom is 0.217 e. The van der Waals surface area contributed by atoms with E-state index in [9.17, 15) is 4.79 Å². The number of nitrogens with zero attached hydrogens (tertiary/aromatic N) is 1. The average molecular weight is 249 g/mol. The number of pyridine rings is 1. The Morgan fingerprint density at radius 3 is 2.61 bits per heavy atom. The fourth-order valence-corrected chi connectivity index (χ4v) is 2.21. The Hall–Kier alpha value is -1.58. The number of aromatic nitrogens is 1. The highest BCUT2D eigenvalue weighted by molar-refractivity contribution is 5.96. The lowest BCUT2D eigenvalue weighted by Gasteiger charge is -2.13. The van der Waals surface area contributed by atoms with Crippen molar-refractivity contribution < 1.29 is 14.3 Å². The molecule has 4 nitrogen and oxygen atoms in total. The van der Waals surface area contributed by atoms with E-state index in [2.05, 4.69) is 4.98 Å². The topological polar surface area (TPSA) is 48.4 Å². The van der Waals surface area contributed by atoms with E-state index in [0.29, 0.717) is 31.2 Å². The van der Waals surface area contributed by atoms with Crippen molar-refractivity contribution in [2.24, 2.45) is 0 Å². The van der Waals surface area contributed by atoms with Gasteiger partial charge in [0.15, 0.2) is 5.78 Å². The minimum atomic E-state index is 0.102. The Morgan fingerprint density at radius 1 is 1.17 bits per heavy atom. The number of ketones is 1. The van der Waals surface area contributed by atoms with Crippen molar-refractivity contribution in [2.75, 3.05) is 13.2 Å². The molecule has 2 rings (SSSR count). The molecule has 0 spiro atoms. The van der Waals surface area contributed by atoms with Crippen molar-refractivity contribution in [1.29, 1.82) is 0 Å². The number of rotatable bonds is 4. The summed E-state index contributed by atoms with van der Waals surface area (Å²) < 4.78 is 11.0. The zero-order chi connectivity index (χ0) is 13.0. The molecular formula is C14H19NO3. The van der Waals surface area contributed by atoms with E-state index in [1.807, 2.05) is 13.8 Å². The van der Waals surface area contributed by atoms with Gasteiger partial charge in [-0.2, -0.15) is 0 Å². The number of fused-ring (bicyclic) bond motifs is 1. The second kappa shape index (κ2) is 5.85. The summed E-state index contributed by atoms with van der Waals surface area (Å²) in [6, 6.07) is 1.80. The van der Waals surface area contributed by atoms with Gasteiger partial charge in [0.05, 0.1) is 13.2 Å². The van der Waals surface area contributed by atoms with Gasteiger partial charge in [-0.15, -0.1) is 0 Å². The molecule has 1 aliphatic carbocycles. The van der Waals surface area contributed by atoms with Crippen LogP contribution in [0.5, 0.6) is 11.6 Å². The summed E-state index contributed by atoms with van der Waals surface area (Å²) in [4.78, 5) is 16.4. The van der Waals surface area contributed by atoms with Crippen LogP contribution in [0.3, 0.4) is 0 Å². The van der Waals surface area contributed by atoms with E-state index in [1.165, 1.54) is 0 Å². The first kappa shape index (κ1) is 12.9. The zero-order valence-corrected chi connectivity index (χ0v) is 11.0. The van der Waals surface area contributed by atoms with E-state index in [1.54, 1.807) is 6.07 Å². The Labute approximate surface area is 107 Å². The minimum absolute atomic E-state index is 0.102. The molecule has 0 N–H and O–H groups in total. The maximum absolute atomic E-state index is 12.0. The normalized spacial score (nSPS) is 14.9. The number of hydrogen-bond acceptors (Lipinski definition) is 4. The Bertz CT molecular complexity index is 443. The fourth-order valence-electron chi connectivity index (χ4n) is 2.21. The van der Waals surface area contributed by atoms with Crippen LogP contribution in [0.15, 0.2) is 6.07 Å². The Balaban J connectivity index is 2.47. The van der Waals surface area contributed by atoms with Crippen molar-refractivity contribution >= 4 is 5.78 Å². The summed E-state index contributed by atoms with van der Waals surface area (Å²) in [5.74, 6) is 1.33. The number of carbonyl (C=O) groups is 1. The molecular weight excluding hydrogens is 230 g/mol.